The zero-order chi connectivity index (χ0) is 12.9. The van der Waals surface area contributed by atoms with Crippen LogP contribution in [0, 0.1) is 11.3 Å². The van der Waals surface area contributed by atoms with Gasteiger partial charge in [-0.15, -0.1) is 0 Å². The summed E-state index contributed by atoms with van der Waals surface area (Å²) >= 11 is 0. The van der Waals surface area contributed by atoms with Crippen molar-refractivity contribution in [1.29, 1.82) is 0 Å². The summed E-state index contributed by atoms with van der Waals surface area (Å²) in [6.45, 7) is 5.40. The van der Waals surface area contributed by atoms with Gasteiger partial charge in [-0.1, -0.05) is 19.1 Å². The Morgan fingerprint density at radius 3 is 2.41 bits per heavy atom. The van der Waals surface area contributed by atoms with Gasteiger partial charge in [-0.25, -0.2) is 8.42 Å². The van der Waals surface area contributed by atoms with Crippen molar-refractivity contribution in [3.05, 3.63) is 12.2 Å². The first-order valence-electron chi connectivity index (χ1n) is 5.95. The van der Waals surface area contributed by atoms with E-state index in [0.717, 1.165) is 6.42 Å². The fraction of sp³-hybridized carbons (Fsp3) is 0.750. The van der Waals surface area contributed by atoms with E-state index in [1.54, 1.807) is 6.92 Å². The molecule has 0 aliphatic heterocycles. The Labute approximate surface area is 103 Å². The average Bonchev–Trinajstić information content (AvgIpc) is 3.08. The molecule has 17 heavy (non-hydrogen) atoms. The van der Waals surface area contributed by atoms with Crippen molar-refractivity contribution < 1.29 is 13.2 Å². The average molecular weight is 257 g/mol. The van der Waals surface area contributed by atoms with Crippen LogP contribution in [0.1, 0.15) is 40.0 Å². The van der Waals surface area contributed by atoms with Gasteiger partial charge in [0.25, 0.3) is 0 Å². The van der Waals surface area contributed by atoms with Crippen LogP contribution < -0.4 is 4.72 Å². The minimum atomic E-state index is -3.49. The predicted octanol–water partition coefficient (Wildman–Crippen LogP) is 1.59. The first kappa shape index (κ1) is 12.6. The highest BCUT2D eigenvalue weighted by Crippen LogP contribution is 2.53. The molecule has 0 aromatic carbocycles. The summed E-state index contributed by atoms with van der Waals surface area (Å²) in [5, 5.41) is 0. The number of allylic oxidation sites excluding steroid dienone is 2. The Hall–Kier alpha value is -0.840. The maximum absolute atomic E-state index is 12.0. The summed E-state index contributed by atoms with van der Waals surface area (Å²) in [7, 11) is -3.49. The normalized spacial score (nSPS) is 34.6. The quantitative estimate of drug-likeness (QED) is 0.778. The van der Waals surface area contributed by atoms with Crippen molar-refractivity contribution in [3.8, 4) is 0 Å². The largest absolute Gasteiger partial charge is 0.273 e. The van der Waals surface area contributed by atoms with E-state index in [0.29, 0.717) is 12.8 Å². The molecule has 0 spiro atoms. The Morgan fingerprint density at radius 2 is 1.94 bits per heavy atom. The highest BCUT2D eigenvalue weighted by molar-refractivity contribution is 7.91. The number of hydrogen-bond acceptors (Lipinski definition) is 3. The molecule has 2 fully saturated rings. The molecule has 2 aliphatic carbocycles. The maximum Gasteiger partial charge on any atom is 0.240 e. The van der Waals surface area contributed by atoms with Gasteiger partial charge in [0.1, 0.15) is 0 Å². The van der Waals surface area contributed by atoms with Gasteiger partial charge in [-0.3, -0.25) is 9.52 Å². The smallest absolute Gasteiger partial charge is 0.240 e. The van der Waals surface area contributed by atoms with Crippen LogP contribution in [0.5, 0.6) is 0 Å². The zero-order valence-corrected chi connectivity index (χ0v) is 11.3. The zero-order valence-electron chi connectivity index (χ0n) is 10.5. The molecule has 96 valence electrons. The summed E-state index contributed by atoms with van der Waals surface area (Å²) in [5.74, 6) is -0.177. The van der Waals surface area contributed by atoms with Crippen molar-refractivity contribution in [2.45, 2.75) is 44.8 Å². The molecule has 1 N–H and O–H groups in total. The minimum absolute atomic E-state index is 0.176. The molecule has 0 bridgehead atoms. The number of amides is 1. The molecule has 0 aromatic heterocycles. The lowest BCUT2D eigenvalue weighted by atomic mass is 10.1. The molecular weight excluding hydrogens is 238 g/mol. The van der Waals surface area contributed by atoms with Gasteiger partial charge in [-0.05, 0) is 39.0 Å². The fourth-order valence-electron chi connectivity index (χ4n) is 1.98. The predicted molar refractivity (Wildman–Crippen MR) is 65.7 cm³/mol. The van der Waals surface area contributed by atoms with E-state index in [1.165, 1.54) is 0 Å². The van der Waals surface area contributed by atoms with E-state index in [4.69, 9.17) is 0 Å². The van der Waals surface area contributed by atoms with Crippen LogP contribution in [0.3, 0.4) is 0 Å². The molecule has 0 saturated heterocycles. The van der Waals surface area contributed by atoms with Crippen LogP contribution >= 0.6 is 0 Å². The lowest BCUT2D eigenvalue weighted by molar-refractivity contribution is -0.124. The van der Waals surface area contributed by atoms with E-state index in [1.807, 2.05) is 26.0 Å². The van der Waals surface area contributed by atoms with Crippen LogP contribution in [0.2, 0.25) is 0 Å². The van der Waals surface area contributed by atoms with Crippen LogP contribution in [-0.2, 0) is 14.8 Å². The van der Waals surface area contributed by atoms with Crippen molar-refractivity contribution in [3.63, 3.8) is 0 Å². The van der Waals surface area contributed by atoms with Gasteiger partial charge in [0.15, 0.2) is 0 Å². The molecule has 2 atom stereocenters. The van der Waals surface area contributed by atoms with Crippen LogP contribution in [0.15, 0.2) is 12.2 Å². The third-order valence-corrected chi connectivity index (χ3v) is 6.24. The summed E-state index contributed by atoms with van der Waals surface area (Å²) in [4.78, 5) is 12.0. The molecule has 1 amide bonds. The molecule has 5 heteroatoms. The summed E-state index contributed by atoms with van der Waals surface area (Å²) in [5.41, 5.74) is -0.537. The number of sulfonamides is 1. The SMILES string of the molecule is CC=CC1CC1(C)C(=O)NS(=O)(=O)C1(C)CC1. The Balaban J connectivity index is 2.04. The van der Waals surface area contributed by atoms with Gasteiger partial charge in [0.2, 0.25) is 15.9 Å². The van der Waals surface area contributed by atoms with Crippen LogP contribution in [-0.4, -0.2) is 19.1 Å². The van der Waals surface area contributed by atoms with E-state index < -0.39 is 20.2 Å². The lowest BCUT2D eigenvalue weighted by Crippen LogP contribution is -2.42. The molecule has 2 unspecified atom stereocenters. The third kappa shape index (κ3) is 2.01. The number of nitrogens with one attached hydrogen (secondary N) is 1. The van der Waals surface area contributed by atoms with E-state index >= 15 is 0 Å². The van der Waals surface area contributed by atoms with Crippen LogP contribution in [0.4, 0.5) is 0 Å². The molecule has 0 heterocycles. The first-order valence-corrected chi connectivity index (χ1v) is 7.43. The van der Waals surface area contributed by atoms with E-state index in [9.17, 15) is 13.2 Å². The van der Waals surface area contributed by atoms with Crippen molar-refractivity contribution >= 4 is 15.9 Å². The second-order valence-electron chi connectivity index (χ2n) is 5.64. The summed E-state index contributed by atoms with van der Waals surface area (Å²) in [6, 6.07) is 0. The fourth-order valence-corrected chi connectivity index (χ4v) is 3.34. The first-order chi connectivity index (χ1) is 7.75. The van der Waals surface area contributed by atoms with Gasteiger partial charge < -0.3 is 0 Å². The molecular formula is C12H19NO3S. The van der Waals surface area contributed by atoms with Gasteiger partial charge in [0.05, 0.1) is 10.2 Å². The molecule has 0 aromatic rings. The number of rotatable bonds is 4. The monoisotopic (exact) mass is 257 g/mol. The van der Waals surface area contributed by atoms with Gasteiger partial charge in [0, 0.05) is 0 Å². The molecule has 0 radical (unpaired) electrons. The maximum atomic E-state index is 12.0. The number of carbonyl (C=O) groups is 1. The van der Waals surface area contributed by atoms with Crippen molar-refractivity contribution in [1.82, 2.24) is 4.72 Å². The topological polar surface area (TPSA) is 63.2 Å². The summed E-state index contributed by atoms with van der Waals surface area (Å²) < 4.78 is 25.4. The molecule has 2 aliphatic rings. The van der Waals surface area contributed by atoms with E-state index in [2.05, 4.69) is 4.72 Å². The summed E-state index contributed by atoms with van der Waals surface area (Å²) in [6.07, 6.45) is 5.88. The van der Waals surface area contributed by atoms with Gasteiger partial charge >= 0.3 is 0 Å². The highest BCUT2D eigenvalue weighted by Gasteiger charge is 2.58. The van der Waals surface area contributed by atoms with Crippen molar-refractivity contribution in [2.75, 3.05) is 0 Å². The second-order valence-corrected chi connectivity index (χ2v) is 7.83. The van der Waals surface area contributed by atoms with Crippen LogP contribution in [0.25, 0.3) is 0 Å². The standard InChI is InChI=1S/C12H19NO3S/c1-4-5-9-8-12(9,3)10(14)13-17(15,16)11(2)6-7-11/h4-5,9H,6-8H2,1-3H3,(H,13,14). The van der Waals surface area contributed by atoms with Crippen molar-refractivity contribution in [2.24, 2.45) is 11.3 Å². The number of carbonyl (C=O) groups excluding carboxylic acids is 1. The highest BCUT2D eigenvalue weighted by atomic mass is 32.2. The second kappa shape index (κ2) is 3.57. The molecule has 2 rings (SSSR count). The Kier molecular flexibility index (Phi) is 2.65. The molecule has 2 saturated carbocycles. The molecule has 4 nitrogen and oxygen atoms in total. The minimum Gasteiger partial charge on any atom is -0.273 e. The lowest BCUT2D eigenvalue weighted by Gasteiger charge is -2.15. The van der Waals surface area contributed by atoms with Gasteiger partial charge in [-0.2, -0.15) is 0 Å². The van der Waals surface area contributed by atoms with E-state index in [-0.39, 0.29) is 11.8 Å². The Morgan fingerprint density at radius 1 is 1.35 bits per heavy atom. The Bertz CT molecular complexity index is 476. The third-order valence-electron chi connectivity index (χ3n) is 4.08. The number of hydrogen-bond donors (Lipinski definition) is 1.